The molecule has 0 unspecified atom stereocenters. The zero-order valence-electron chi connectivity index (χ0n) is 29.4. The van der Waals surface area contributed by atoms with Crippen LogP contribution in [0.4, 0.5) is 0 Å². The summed E-state index contributed by atoms with van der Waals surface area (Å²) in [5, 5.41) is 44.1. The van der Waals surface area contributed by atoms with Gasteiger partial charge in [-0.25, -0.2) is 0 Å². The first-order chi connectivity index (χ1) is 20.4. The summed E-state index contributed by atoms with van der Waals surface area (Å²) in [6.07, 6.45) is 0. The van der Waals surface area contributed by atoms with E-state index in [4.69, 9.17) is 0 Å². The van der Waals surface area contributed by atoms with Crippen LogP contribution in [0.3, 0.4) is 0 Å². The first-order valence-electron chi connectivity index (χ1n) is 15.5. The molecule has 0 bridgehead atoms. The Morgan fingerprint density at radius 3 is 0.578 bits per heavy atom. The van der Waals surface area contributed by atoms with Crippen molar-refractivity contribution in [1.82, 2.24) is 0 Å². The third-order valence-electron chi connectivity index (χ3n) is 6.96. The third kappa shape index (κ3) is 16.7. The minimum absolute atomic E-state index is 0. The van der Waals surface area contributed by atoms with E-state index in [1.807, 2.05) is 27.7 Å². The molecular formula is C40H52O4Zr. The Hall–Kier alpha value is -3.04. The standard InChI is InChI=1S/4C10H14O.Zr/c4*1-7(2)9-4-8(3)5-10(11)6-9;/h4*4-7,11H,1-3H3;/q;;;;+4/p-4. The zero-order chi connectivity index (χ0) is 33.7. The Kier molecular flexibility index (Phi) is 18.8. The minimum atomic E-state index is 0. The number of benzene rings is 4. The van der Waals surface area contributed by atoms with E-state index in [0.29, 0.717) is 23.7 Å². The Labute approximate surface area is 292 Å². The van der Waals surface area contributed by atoms with E-state index >= 15 is 0 Å². The van der Waals surface area contributed by atoms with E-state index in [-0.39, 0.29) is 49.2 Å². The second kappa shape index (κ2) is 20.2. The second-order valence-corrected chi connectivity index (χ2v) is 12.9. The number of hydrogen-bond donors (Lipinski definition) is 0. The zero-order valence-corrected chi connectivity index (χ0v) is 31.8. The fraction of sp³-hybridized carbons (Fsp3) is 0.400. The summed E-state index contributed by atoms with van der Waals surface area (Å²) < 4.78 is 0. The van der Waals surface area contributed by atoms with Crippen LogP contribution in [0.1, 0.15) is 124 Å². The summed E-state index contributed by atoms with van der Waals surface area (Å²) in [4.78, 5) is 0. The summed E-state index contributed by atoms with van der Waals surface area (Å²) in [6, 6.07) is 21.7. The van der Waals surface area contributed by atoms with Crippen molar-refractivity contribution in [3.8, 4) is 23.0 Å². The van der Waals surface area contributed by atoms with Gasteiger partial charge >= 0.3 is 26.2 Å². The third-order valence-corrected chi connectivity index (χ3v) is 6.96. The fourth-order valence-corrected chi connectivity index (χ4v) is 4.44. The fourth-order valence-electron chi connectivity index (χ4n) is 4.44. The summed E-state index contributed by atoms with van der Waals surface area (Å²) in [5.41, 5.74) is 8.76. The molecule has 0 amide bonds. The molecule has 4 aromatic rings. The molecule has 240 valence electrons. The Balaban J connectivity index is 0.000000569. The van der Waals surface area contributed by atoms with Crippen molar-refractivity contribution in [3.63, 3.8) is 0 Å². The van der Waals surface area contributed by atoms with Gasteiger partial charge in [0.25, 0.3) is 0 Å². The molecule has 4 nitrogen and oxygen atoms in total. The van der Waals surface area contributed by atoms with Crippen LogP contribution in [0.15, 0.2) is 72.8 Å². The average molecular weight is 688 g/mol. The van der Waals surface area contributed by atoms with Crippen LogP contribution in [0.5, 0.6) is 23.0 Å². The van der Waals surface area contributed by atoms with Gasteiger partial charge in [-0.3, -0.25) is 0 Å². The maximum Gasteiger partial charge on any atom is 4.00 e. The van der Waals surface area contributed by atoms with Gasteiger partial charge in [0.15, 0.2) is 0 Å². The van der Waals surface area contributed by atoms with E-state index in [1.165, 1.54) is 0 Å². The van der Waals surface area contributed by atoms with Crippen LogP contribution in [-0.4, -0.2) is 0 Å². The maximum atomic E-state index is 11.0. The van der Waals surface area contributed by atoms with E-state index in [1.54, 1.807) is 48.5 Å². The van der Waals surface area contributed by atoms with Crippen LogP contribution in [-0.2, 0) is 26.2 Å². The SMILES string of the molecule is Cc1cc([O-])cc(C(C)C)c1.Cc1cc([O-])cc(C(C)C)c1.Cc1cc([O-])cc(C(C)C)c1.Cc1cc([O-])cc(C(C)C)c1.[Zr+4]. The largest absolute Gasteiger partial charge is 4.00 e. The molecule has 0 aliphatic rings. The molecule has 0 radical (unpaired) electrons. The van der Waals surface area contributed by atoms with Crippen molar-refractivity contribution in [2.45, 2.75) is 107 Å². The Bertz CT molecular complexity index is 1150. The summed E-state index contributed by atoms with van der Waals surface area (Å²) in [7, 11) is 0. The molecule has 0 spiro atoms. The van der Waals surface area contributed by atoms with Crippen molar-refractivity contribution >= 4 is 0 Å². The van der Waals surface area contributed by atoms with E-state index in [9.17, 15) is 20.4 Å². The molecule has 0 heterocycles. The van der Waals surface area contributed by atoms with Gasteiger partial charge in [0.05, 0.1) is 0 Å². The van der Waals surface area contributed by atoms with Crippen molar-refractivity contribution in [2.24, 2.45) is 0 Å². The van der Waals surface area contributed by atoms with Crippen LogP contribution in [0.2, 0.25) is 0 Å². The molecule has 45 heavy (non-hydrogen) atoms. The van der Waals surface area contributed by atoms with Gasteiger partial charge in [0.1, 0.15) is 0 Å². The first kappa shape index (κ1) is 42.0. The molecule has 4 aromatic carbocycles. The average Bonchev–Trinajstić information content (AvgIpc) is 2.87. The molecule has 0 atom stereocenters. The molecular weight excluding hydrogens is 636 g/mol. The molecule has 0 saturated carbocycles. The number of rotatable bonds is 4. The van der Waals surface area contributed by atoms with Crippen molar-refractivity contribution < 1.29 is 46.6 Å². The first-order valence-corrected chi connectivity index (χ1v) is 15.5. The predicted molar refractivity (Wildman–Crippen MR) is 179 cm³/mol. The van der Waals surface area contributed by atoms with Crippen LogP contribution in [0.25, 0.3) is 0 Å². The van der Waals surface area contributed by atoms with Crippen molar-refractivity contribution in [1.29, 1.82) is 0 Å². The topological polar surface area (TPSA) is 92.2 Å². The van der Waals surface area contributed by atoms with Gasteiger partial charge in [0, 0.05) is 0 Å². The van der Waals surface area contributed by atoms with Gasteiger partial charge in [-0.15, -0.1) is 23.0 Å². The monoisotopic (exact) mass is 686 g/mol. The van der Waals surface area contributed by atoms with Gasteiger partial charge < -0.3 is 20.4 Å². The summed E-state index contributed by atoms with van der Waals surface area (Å²) in [5.74, 6) is 2.26. The van der Waals surface area contributed by atoms with Crippen LogP contribution < -0.4 is 20.4 Å². The minimum Gasteiger partial charge on any atom is -0.872 e. The van der Waals surface area contributed by atoms with Crippen molar-refractivity contribution in [3.05, 3.63) is 117 Å². The summed E-state index contributed by atoms with van der Waals surface area (Å²) in [6.45, 7) is 24.5. The molecule has 0 N–H and O–H groups in total. The van der Waals surface area contributed by atoms with Gasteiger partial charge in [-0.2, -0.15) is 0 Å². The molecule has 0 aliphatic heterocycles. The molecule has 5 heteroatoms. The Morgan fingerprint density at radius 2 is 0.467 bits per heavy atom. The van der Waals surface area contributed by atoms with Crippen LogP contribution >= 0.6 is 0 Å². The smallest absolute Gasteiger partial charge is 0.872 e. The quantitative estimate of drug-likeness (QED) is 0.214. The van der Waals surface area contributed by atoms with E-state index in [0.717, 1.165) is 44.5 Å². The number of aryl methyl sites for hydroxylation is 4. The molecule has 0 aliphatic carbocycles. The molecule has 0 fully saturated rings. The maximum absolute atomic E-state index is 11.0. The van der Waals surface area contributed by atoms with Crippen molar-refractivity contribution in [2.75, 3.05) is 0 Å². The van der Waals surface area contributed by atoms with Gasteiger partial charge in [-0.1, -0.05) is 150 Å². The van der Waals surface area contributed by atoms with E-state index < -0.39 is 0 Å². The molecule has 0 saturated heterocycles. The van der Waals surface area contributed by atoms with E-state index in [2.05, 4.69) is 79.7 Å². The second-order valence-electron chi connectivity index (χ2n) is 12.9. The molecule has 4 rings (SSSR count). The molecule has 0 aromatic heterocycles. The predicted octanol–water partition coefficient (Wildman–Crippen LogP) is 8.77. The van der Waals surface area contributed by atoms with Gasteiger partial charge in [-0.05, 0) is 73.6 Å². The summed E-state index contributed by atoms with van der Waals surface area (Å²) >= 11 is 0. The van der Waals surface area contributed by atoms with Crippen LogP contribution in [0, 0.1) is 27.7 Å². The Morgan fingerprint density at radius 1 is 0.311 bits per heavy atom. The number of hydrogen-bond acceptors (Lipinski definition) is 4. The normalized spacial score (nSPS) is 10.3. The van der Waals surface area contributed by atoms with Gasteiger partial charge in [0.2, 0.25) is 0 Å².